The third-order valence-corrected chi connectivity index (χ3v) is 3.27. The molecule has 2 saturated carbocycles. The first-order chi connectivity index (χ1) is 5.64. The van der Waals surface area contributed by atoms with Crippen molar-refractivity contribution < 1.29 is 14.7 Å². The molecule has 1 N–H and O–H groups in total. The molecule has 2 unspecified atom stereocenters. The molecule has 3 nitrogen and oxygen atoms in total. The normalized spacial score (nSPS) is 40.0. The minimum absolute atomic E-state index is 0.0647. The van der Waals surface area contributed by atoms with Crippen molar-refractivity contribution in [3.8, 4) is 0 Å². The Balaban J connectivity index is 2.29. The smallest absolute Gasteiger partial charge is 0.310 e. The van der Waals surface area contributed by atoms with Crippen LogP contribution in [0, 0.1) is 11.3 Å². The number of aliphatic carboxylic acids is 1. The average molecular weight is 168 g/mol. The van der Waals surface area contributed by atoms with Crippen molar-refractivity contribution in [3.63, 3.8) is 0 Å². The van der Waals surface area contributed by atoms with Crippen LogP contribution in [0.5, 0.6) is 0 Å². The summed E-state index contributed by atoms with van der Waals surface area (Å²) in [4.78, 5) is 22.2. The molecule has 0 heterocycles. The fourth-order valence-electron chi connectivity index (χ4n) is 2.55. The van der Waals surface area contributed by atoms with Crippen molar-refractivity contribution in [2.75, 3.05) is 0 Å². The van der Waals surface area contributed by atoms with Crippen LogP contribution in [0.1, 0.15) is 32.1 Å². The third kappa shape index (κ3) is 0.886. The zero-order chi connectivity index (χ0) is 8.77. The van der Waals surface area contributed by atoms with Crippen molar-refractivity contribution in [1.82, 2.24) is 0 Å². The highest BCUT2D eigenvalue weighted by atomic mass is 16.4. The van der Waals surface area contributed by atoms with E-state index in [1.165, 1.54) is 0 Å². The Morgan fingerprint density at radius 1 is 1.58 bits per heavy atom. The van der Waals surface area contributed by atoms with Gasteiger partial charge in [0.15, 0.2) is 0 Å². The lowest BCUT2D eigenvalue weighted by Crippen LogP contribution is -2.30. The number of carboxylic acids is 1. The van der Waals surface area contributed by atoms with Gasteiger partial charge in [0.05, 0.1) is 5.41 Å². The summed E-state index contributed by atoms with van der Waals surface area (Å²) in [5.41, 5.74) is -0.667. The average Bonchev–Trinajstić information content (AvgIpc) is 2.25. The molecule has 0 aromatic heterocycles. The molecule has 2 rings (SSSR count). The lowest BCUT2D eigenvalue weighted by atomic mass is 9.76. The van der Waals surface area contributed by atoms with Crippen LogP contribution in [0.25, 0.3) is 0 Å². The second-order valence-electron chi connectivity index (χ2n) is 4.02. The maximum absolute atomic E-state index is 11.3. The molecule has 0 aromatic carbocycles. The molecular weight excluding hydrogens is 156 g/mol. The van der Waals surface area contributed by atoms with Gasteiger partial charge < -0.3 is 5.11 Å². The molecule has 0 radical (unpaired) electrons. The minimum atomic E-state index is -0.766. The summed E-state index contributed by atoms with van der Waals surface area (Å²) >= 11 is 0. The molecule has 0 saturated heterocycles. The van der Waals surface area contributed by atoms with Crippen LogP contribution in [-0.2, 0) is 9.59 Å². The van der Waals surface area contributed by atoms with Gasteiger partial charge in [0, 0.05) is 12.3 Å². The highest BCUT2D eigenvalue weighted by Gasteiger charge is 2.51. The van der Waals surface area contributed by atoms with Gasteiger partial charge in [0.25, 0.3) is 0 Å². The Morgan fingerprint density at radius 2 is 2.33 bits per heavy atom. The predicted octanol–water partition coefficient (Wildman–Crippen LogP) is 1.22. The van der Waals surface area contributed by atoms with Crippen molar-refractivity contribution in [2.45, 2.75) is 32.1 Å². The van der Waals surface area contributed by atoms with Gasteiger partial charge in [-0.25, -0.2) is 0 Å². The van der Waals surface area contributed by atoms with Crippen molar-refractivity contribution >= 4 is 11.8 Å². The molecule has 2 bridgehead atoms. The van der Waals surface area contributed by atoms with E-state index in [-0.39, 0.29) is 18.1 Å². The number of carboxylic acid groups (broad SMARTS) is 1. The van der Waals surface area contributed by atoms with Crippen molar-refractivity contribution in [3.05, 3.63) is 0 Å². The van der Waals surface area contributed by atoms with E-state index in [9.17, 15) is 9.59 Å². The molecule has 0 aromatic rings. The summed E-state index contributed by atoms with van der Waals surface area (Å²) < 4.78 is 0. The van der Waals surface area contributed by atoms with Gasteiger partial charge in [-0.15, -0.1) is 0 Å². The zero-order valence-corrected chi connectivity index (χ0v) is 6.88. The Bertz CT molecular complexity index is 244. The van der Waals surface area contributed by atoms with Gasteiger partial charge >= 0.3 is 5.97 Å². The largest absolute Gasteiger partial charge is 0.481 e. The van der Waals surface area contributed by atoms with E-state index in [0.29, 0.717) is 12.8 Å². The van der Waals surface area contributed by atoms with Crippen LogP contribution in [0.3, 0.4) is 0 Å². The first-order valence-electron chi connectivity index (χ1n) is 4.40. The summed E-state index contributed by atoms with van der Waals surface area (Å²) in [7, 11) is 0. The van der Waals surface area contributed by atoms with Gasteiger partial charge in [-0.1, -0.05) is 6.42 Å². The fourth-order valence-corrected chi connectivity index (χ4v) is 2.55. The van der Waals surface area contributed by atoms with E-state index in [1.54, 1.807) is 0 Å². The van der Waals surface area contributed by atoms with E-state index < -0.39 is 11.4 Å². The first kappa shape index (κ1) is 7.77. The number of ketones is 1. The summed E-state index contributed by atoms with van der Waals surface area (Å²) in [6.45, 7) is 0. The standard InChI is InChI=1S/C9H12O3/c10-7-5-9(8(11)12)3-1-2-6(7)4-9/h6H,1-5H2,(H,11,12). The van der Waals surface area contributed by atoms with E-state index in [0.717, 1.165) is 12.8 Å². The second kappa shape index (κ2) is 2.31. The molecule has 0 aliphatic heterocycles. The minimum Gasteiger partial charge on any atom is -0.481 e. The van der Waals surface area contributed by atoms with Gasteiger partial charge in [0.1, 0.15) is 5.78 Å². The van der Waals surface area contributed by atoms with E-state index in [4.69, 9.17) is 5.11 Å². The van der Waals surface area contributed by atoms with Gasteiger partial charge in [0.2, 0.25) is 0 Å². The summed E-state index contributed by atoms with van der Waals surface area (Å²) in [5, 5.41) is 8.98. The number of carbonyl (C=O) groups is 2. The molecule has 66 valence electrons. The predicted molar refractivity (Wildman–Crippen MR) is 41.7 cm³/mol. The molecular formula is C9H12O3. The van der Waals surface area contributed by atoms with Gasteiger partial charge in [-0.05, 0) is 19.3 Å². The van der Waals surface area contributed by atoms with Crippen LogP contribution in [0.2, 0.25) is 0 Å². The number of rotatable bonds is 1. The lowest BCUT2D eigenvalue weighted by molar-refractivity contribution is -0.150. The van der Waals surface area contributed by atoms with Gasteiger partial charge in [-0.3, -0.25) is 9.59 Å². The molecule has 2 atom stereocenters. The molecule has 0 spiro atoms. The van der Waals surface area contributed by atoms with E-state index >= 15 is 0 Å². The quantitative estimate of drug-likeness (QED) is 0.640. The summed E-state index contributed by atoms with van der Waals surface area (Å²) in [6.07, 6.45) is 3.40. The van der Waals surface area contributed by atoms with Crippen LogP contribution < -0.4 is 0 Å². The third-order valence-electron chi connectivity index (χ3n) is 3.27. The molecule has 2 fully saturated rings. The monoisotopic (exact) mass is 168 g/mol. The van der Waals surface area contributed by atoms with E-state index in [2.05, 4.69) is 0 Å². The fraction of sp³-hybridized carbons (Fsp3) is 0.778. The Morgan fingerprint density at radius 3 is 2.92 bits per heavy atom. The number of hydrogen-bond donors (Lipinski definition) is 1. The Kier molecular flexibility index (Phi) is 1.50. The number of fused-ring (bicyclic) bond motifs is 2. The summed E-state index contributed by atoms with van der Waals surface area (Å²) in [5.74, 6) is -0.525. The van der Waals surface area contributed by atoms with Crippen LogP contribution in [0.15, 0.2) is 0 Å². The summed E-state index contributed by atoms with van der Waals surface area (Å²) in [6, 6.07) is 0. The van der Waals surface area contributed by atoms with Crippen molar-refractivity contribution in [1.29, 1.82) is 0 Å². The van der Waals surface area contributed by atoms with Crippen molar-refractivity contribution in [2.24, 2.45) is 11.3 Å². The lowest BCUT2D eigenvalue weighted by Gasteiger charge is -2.27. The molecule has 0 amide bonds. The second-order valence-corrected chi connectivity index (χ2v) is 4.02. The number of hydrogen-bond acceptors (Lipinski definition) is 2. The maximum Gasteiger partial charge on any atom is 0.310 e. The maximum atomic E-state index is 11.3. The van der Waals surface area contributed by atoms with Gasteiger partial charge in [-0.2, -0.15) is 0 Å². The Labute approximate surface area is 70.8 Å². The van der Waals surface area contributed by atoms with Crippen LogP contribution >= 0.6 is 0 Å². The molecule has 2 aliphatic rings. The highest BCUT2D eigenvalue weighted by molar-refractivity contribution is 5.92. The topological polar surface area (TPSA) is 54.4 Å². The number of carbonyl (C=O) groups excluding carboxylic acids is 1. The zero-order valence-electron chi connectivity index (χ0n) is 6.88. The molecule has 3 heteroatoms. The van der Waals surface area contributed by atoms with E-state index in [1.807, 2.05) is 0 Å². The highest BCUT2D eigenvalue weighted by Crippen LogP contribution is 2.49. The Hall–Kier alpha value is -0.860. The molecule has 2 aliphatic carbocycles. The number of Topliss-reactive ketones (excluding diaryl/α,β-unsaturated/α-hetero) is 1. The first-order valence-corrected chi connectivity index (χ1v) is 4.40. The van der Waals surface area contributed by atoms with Crippen LogP contribution in [-0.4, -0.2) is 16.9 Å². The van der Waals surface area contributed by atoms with Crippen LogP contribution in [0.4, 0.5) is 0 Å². The SMILES string of the molecule is O=C1CC2(C(=O)O)CCCC1C2. The molecule has 12 heavy (non-hydrogen) atoms.